The van der Waals surface area contributed by atoms with Crippen LogP contribution in [-0.4, -0.2) is 61.1 Å². The van der Waals surface area contributed by atoms with Crippen LogP contribution in [0.4, 0.5) is 5.69 Å². The molecule has 36 heavy (non-hydrogen) atoms. The van der Waals surface area contributed by atoms with Crippen LogP contribution in [0.15, 0.2) is 59.5 Å². The molecule has 10 heteroatoms. The van der Waals surface area contributed by atoms with Gasteiger partial charge in [0.05, 0.1) is 17.0 Å². The summed E-state index contributed by atoms with van der Waals surface area (Å²) in [6.07, 6.45) is 3.04. The normalized spacial score (nSPS) is 21.7. The fraction of sp³-hybridized carbons (Fsp3) is 0.423. The number of imide groups is 1. The third kappa shape index (κ3) is 5.07. The predicted octanol–water partition coefficient (Wildman–Crippen LogP) is 1.87. The van der Waals surface area contributed by atoms with Crippen molar-refractivity contribution in [3.63, 3.8) is 0 Å². The smallest absolute Gasteiger partial charge is 0.257 e. The molecule has 2 heterocycles. The number of anilines is 1. The number of hydrogen-bond donors (Lipinski definition) is 1. The quantitative estimate of drug-likeness (QED) is 0.568. The van der Waals surface area contributed by atoms with E-state index < -0.39 is 27.9 Å². The van der Waals surface area contributed by atoms with Gasteiger partial charge in [0, 0.05) is 31.6 Å². The van der Waals surface area contributed by atoms with E-state index in [9.17, 15) is 22.8 Å². The van der Waals surface area contributed by atoms with Gasteiger partial charge in [-0.15, -0.1) is 0 Å². The van der Waals surface area contributed by atoms with Crippen LogP contribution in [0.25, 0.3) is 0 Å². The summed E-state index contributed by atoms with van der Waals surface area (Å²) in [5, 5.41) is 5.16. The van der Waals surface area contributed by atoms with E-state index in [4.69, 9.17) is 5.14 Å². The molecule has 1 aliphatic carbocycles. The zero-order chi connectivity index (χ0) is 25.4. The van der Waals surface area contributed by atoms with Crippen molar-refractivity contribution < 1.29 is 22.8 Å². The third-order valence-corrected chi connectivity index (χ3v) is 8.19. The van der Waals surface area contributed by atoms with Gasteiger partial charge in [0.2, 0.25) is 21.8 Å². The first kappa shape index (κ1) is 24.6. The van der Waals surface area contributed by atoms with E-state index in [0.717, 1.165) is 50.2 Å². The van der Waals surface area contributed by atoms with Crippen LogP contribution in [-0.2, 0) is 31.0 Å². The summed E-state index contributed by atoms with van der Waals surface area (Å²) in [5.74, 6) is -0.944. The molecule has 0 spiro atoms. The van der Waals surface area contributed by atoms with Crippen molar-refractivity contribution >= 4 is 33.4 Å². The molecule has 3 amide bonds. The molecule has 2 aliphatic heterocycles. The number of hydrogen-bond acceptors (Lipinski definition) is 6. The average Bonchev–Trinajstić information content (AvgIpc) is 3.66. The number of primary sulfonamides is 1. The van der Waals surface area contributed by atoms with Gasteiger partial charge in [-0.25, -0.2) is 18.5 Å². The Morgan fingerprint density at radius 2 is 1.58 bits per heavy atom. The molecule has 1 atom stereocenters. The summed E-state index contributed by atoms with van der Waals surface area (Å²) < 4.78 is 23.1. The number of nitrogens with zero attached hydrogens (tertiary/aromatic N) is 3. The zero-order valence-corrected chi connectivity index (χ0v) is 20.8. The maximum absolute atomic E-state index is 13.5. The van der Waals surface area contributed by atoms with E-state index in [1.807, 2.05) is 18.2 Å². The Labute approximate surface area is 210 Å². The molecule has 3 fully saturated rings. The lowest BCUT2D eigenvalue weighted by molar-refractivity contribution is -0.143. The number of rotatable bonds is 7. The van der Waals surface area contributed by atoms with Crippen LogP contribution >= 0.6 is 0 Å². The molecule has 0 bridgehead atoms. The first-order valence-corrected chi connectivity index (χ1v) is 13.8. The molecule has 2 N–H and O–H groups in total. The Morgan fingerprint density at radius 1 is 0.944 bits per heavy atom. The van der Waals surface area contributed by atoms with Crippen molar-refractivity contribution in [3.05, 3.63) is 60.2 Å². The number of amides is 3. The second kappa shape index (κ2) is 9.76. The molecule has 1 saturated carbocycles. The van der Waals surface area contributed by atoms with Gasteiger partial charge >= 0.3 is 0 Å². The van der Waals surface area contributed by atoms with Crippen LogP contribution in [0.1, 0.15) is 37.7 Å². The second-order valence-electron chi connectivity index (χ2n) is 9.84. The van der Waals surface area contributed by atoms with Gasteiger partial charge in [0.1, 0.15) is 6.04 Å². The van der Waals surface area contributed by atoms with E-state index in [-0.39, 0.29) is 34.9 Å². The Bertz CT molecular complexity index is 1250. The highest BCUT2D eigenvalue weighted by atomic mass is 32.2. The van der Waals surface area contributed by atoms with Crippen molar-refractivity contribution in [2.24, 2.45) is 11.1 Å². The lowest BCUT2D eigenvalue weighted by Gasteiger charge is -2.41. The van der Waals surface area contributed by atoms with Crippen molar-refractivity contribution in [1.29, 1.82) is 0 Å². The van der Waals surface area contributed by atoms with E-state index in [1.165, 1.54) is 29.8 Å². The summed E-state index contributed by atoms with van der Waals surface area (Å²) in [5.41, 5.74) is 1.51. The highest BCUT2D eigenvalue weighted by Gasteiger charge is 2.49. The van der Waals surface area contributed by atoms with Gasteiger partial charge in [-0.3, -0.25) is 19.3 Å². The minimum Gasteiger partial charge on any atom is -0.327 e. The van der Waals surface area contributed by atoms with E-state index in [1.54, 1.807) is 4.90 Å². The summed E-state index contributed by atoms with van der Waals surface area (Å²) in [4.78, 5) is 44.8. The Balaban J connectivity index is 1.32. The maximum atomic E-state index is 13.5. The van der Waals surface area contributed by atoms with E-state index >= 15 is 0 Å². The predicted molar refractivity (Wildman–Crippen MR) is 133 cm³/mol. The molecular weight excluding hydrogens is 480 g/mol. The minimum atomic E-state index is -3.89. The van der Waals surface area contributed by atoms with Crippen LogP contribution in [0.2, 0.25) is 0 Å². The van der Waals surface area contributed by atoms with Crippen molar-refractivity contribution in [2.75, 3.05) is 18.0 Å². The summed E-state index contributed by atoms with van der Waals surface area (Å²) >= 11 is 0. The number of carbonyl (C=O) groups is 3. The third-order valence-electron chi connectivity index (χ3n) is 7.26. The van der Waals surface area contributed by atoms with Crippen molar-refractivity contribution in [2.45, 2.75) is 55.6 Å². The summed E-state index contributed by atoms with van der Waals surface area (Å²) in [6.45, 7) is 2.45. The van der Waals surface area contributed by atoms with Crippen molar-refractivity contribution in [3.8, 4) is 0 Å². The largest absolute Gasteiger partial charge is 0.327 e. The molecular formula is C26H30N4O5S. The Hall–Kier alpha value is -3.08. The molecule has 9 nitrogen and oxygen atoms in total. The topological polar surface area (TPSA) is 121 Å². The van der Waals surface area contributed by atoms with Gasteiger partial charge in [-0.05, 0) is 55.5 Å². The lowest BCUT2D eigenvalue weighted by Crippen LogP contribution is -2.54. The van der Waals surface area contributed by atoms with Gasteiger partial charge in [0.15, 0.2) is 0 Å². The maximum Gasteiger partial charge on any atom is 0.257 e. The molecule has 2 saturated heterocycles. The average molecular weight is 511 g/mol. The van der Waals surface area contributed by atoms with E-state index in [2.05, 4.69) is 17.0 Å². The molecule has 0 aromatic heterocycles. The summed E-state index contributed by atoms with van der Waals surface area (Å²) in [6, 6.07) is 14.6. The van der Waals surface area contributed by atoms with Gasteiger partial charge in [0.25, 0.3) is 5.91 Å². The number of sulfonamides is 1. The molecule has 3 aliphatic rings. The Kier molecular flexibility index (Phi) is 6.67. The van der Waals surface area contributed by atoms with Crippen LogP contribution in [0.5, 0.6) is 0 Å². The standard InChI is InChI=1S/C26H30N4O5S/c27-36(34,35)22-10-8-20(9-11-22)30-24(31)16-23(26(30)33)29(25(32)19-6-7-19)21-12-14-28(15-13-21)17-18-4-2-1-3-5-18/h1-5,8-11,19,21,23H,6-7,12-17H2,(H2,27,34,35). The molecule has 5 rings (SSSR count). The van der Waals surface area contributed by atoms with Gasteiger partial charge < -0.3 is 4.90 Å². The van der Waals surface area contributed by atoms with E-state index in [0.29, 0.717) is 0 Å². The highest BCUT2D eigenvalue weighted by Crippen LogP contribution is 2.37. The molecule has 190 valence electrons. The number of carbonyl (C=O) groups excluding carboxylic acids is 3. The number of piperidine rings is 1. The zero-order valence-electron chi connectivity index (χ0n) is 20.0. The second-order valence-corrected chi connectivity index (χ2v) is 11.4. The first-order valence-electron chi connectivity index (χ1n) is 12.3. The first-order chi connectivity index (χ1) is 17.2. The number of likely N-dealkylation sites (tertiary alicyclic amines) is 1. The molecule has 2 aromatic carbocycles. The molecule has 0 radical (unpaired) electrons. The van der Waals surface area contributed by atoms with Gasteiger partial charge in [-0.1, -0.05) is 30.3 Å². The minimum absolute atomic E-state index is 0.0333. The van der Waals surface area contributed by atoms with Gasteiger partial charge in [-0.2, -0.15) is 0 Å². The fourth-order valence-corrected chi connectivity index (χ4v) is 5.73. The van der Waals surface area contributed by atoms with Crippen LogP contribution in [0.3, 0.4) is 0 Å². The monoisotopic (exact) mass is 510 g/mol. The lowest BCUT2D eigenvalue weighted by atomic mass is 9.99. The molecule has 2 aromatic rings. The Morgan fingerprint density at radius 3 is 2.17 bits per heavy atom. The fourth-order valence-electron chi connectivity index (χ4n) is 5.22. The molecule has 1 unspecified atom stereocenters. The number of benzene rings is 2. The van der Waals surface area contributed by atoms with Crippen molar-refractivity contribution in [1.82, 2.24) is 9.80 Å². The van der Waals surface area contributed by atoms with Crippen LogP contribution < -0.4 is 10.0 Å². The number of nitrogens with two attached hydrogens (primary N) is 1. The van der Waals surface area contributed by atoms with Crippen LogP contribution in [0, 0.1) is 5.92 Å². The SMILES string of the molecule is NS(=O)(=O)c1ccc(N2C(=O)CC(N(C(=O)C3CC3)C3CCN(Cc4ccccc4)CC3)C2=O)cc1. The summed E-state index contributed by atoms with van der Waals surface area (Å²) in [7, 11) is -3.89. The highest BCUT2D eigenvalue weighted by molar-refractivity contribution is 7.89.